The smallest absolute Gasteiger partial charge is 0.227 e. The summed E-state index contributed by atoms with van der Waals surface area (Å²) in [5.41, 5.74) is 9.18. The van der Waals surface area contributed by atoms with Gasteiger partial charge < -0.3 is 8.98 Å². The van der Waals surface area contributed by atoms with Crippen LogP contribution in [0.15, 0.2) is 131 Å². The Bertz CT molecular complexity index is 2090. The number of rotatable bonds is 4. The summed E-state index contributed by atoms with van der Waals surface area (Å²) < 4.78 is 8.48. The molecule has 39 heavy (non-hydrogen) atoms. The van der Waals surface area contributed by atoms with Gasteiger partial charge in [0.05, 0.1) is 16.7 Å². The molecule has 0 radical (unpaired) electrons. The predicted molar refractivity (Wildman–Crippen MR) is 160 cm³/mol. The molecule has 0 aliphatic heterocycles. The molecule has 4 nitrogen and oxygen atoms in total. The van der Waals surface area contributed by atoms with Crippen LogP contribution in [-0.4, -0.2) is 14.5 Å². The van der Waals surface area contributed by atoms with E-state index in [4.69, 9.17) is 9.40 Å². The Morgan fingerprint density at radius 1 is 0.641 bits per heavy atom. The van der Waals surface area contributed by atoms with Gasteiger partial charge in [-0.15, -0.1) is 11.3 Å². The number of para-hydroxylation sites is 2. The minimum atomic E-state index is 0.622. The monoisotopic (exact) mass is 519 g/mol. The van der Waals surface area contributed by atoms with E-state index in [9.17, 15) is 0 Å². The van der Waals surface area contributed by atoms with Crippen molar-refractivity contribution in [2.45, 2.75) is 0 Å². The van der Waals surface area contributed by atoms with Gasteiger partial charge >= 0.3 is 0 Å². The fraction of sp³-hybridized carbons (Fsp3) is 0. The number of fused-ring (bicyclic) bond motifs is 4. The summed E-state index contributed by atoms with van der Waals surface area (Å²) in [5.74, 6) is 0.622. The maximum Gasteiger partial charge on any atom is 0.227 e. The Labute approximate surface area is 228 Å². The Morgan fingerprint density at radius 3 is 2.44 bits per heavy atom. The molecule has 0 amide bonds. The molecule has 0 fully saturated rings. The molecule has 0 unspecified atom stereocenters. The average molecular weight is 520 g/mol. The summed E-state index contributed by atoms with van der Waals surface area (Å²) >= 11 is 1.76. The highest BCUT2D eigenvalue weighted by molar-refractivity contribution is 7.13. The summed E-state index contributed by atoms with van der Waals surface area (Å²) in [7, 11) is 0. The van der Waals surface area contributed by atoms with E-state index in [1.54, 1.807) is 11.3 Å². The topological polar surface area (TPSA) is 43.9 Å². The standard InChI is InChI=1S/C34H21N3OS/c1-2-11-32-29(10-1)36-34(38-32)24-13-15-26-27-20-23(33-12-6-18-39-33)14-16-30(27)37(31(26)21-24)25-8-5-7-22(19-25)28-9-3-4-17-35-28/h1-21H. The SMILES string of the molecule is c1ccc(-c2cccc(-n3c4ccc(-c5cccs5)cc4c4ccc(-c5nc6ccccc6o5)cc43)c2)nc1. The third-order valence-corrected chi connectivity index (χ3v) is 8.10. The van der Waals surface area contributed by atoms with Gasteiger partial charge in [0, 0.05) is 38.7 Å². The number of thiophene rings is 1. The van der Waals surface area contributed by atoms with E-state index in [1.807, 2.05) is 48.7 Å². The lowest BCUT2D eigenvalue weighted by atomic mass is 10.1. The van der Waals surface area contributed by atoms with E-state index >= 15 is 0 Å². The minimum absolute atomic E-state index is 0.622. The van der Waals surface area contributed by atoms with Gasteiger partial charge in [0.1, 0.15) is 5.52 Å². The zero-order valence-corrected chi connectivity index (χ0v) is 21.6. The minimum Gasteiger partial charge on any atom is -0.436 e. The second kappa shape index (κ2) is 8.79. The van der Waals surface area contributed by atoms with Gasteiger partial charge in [-0.3, -0.25) is 4.98 Å². The number of benzene rings is 4. The predicted octanol–water partition coefficient (Wildman–Crippen LogP) is 9.38. The third kappa shape index (κ3) is 3.67. The van der Waals surface area contributed by atoms with E-state index in [0.29, 0.717) is 5.89 Å². The molecule has 0 aliphatic rings. The lowest BCUT2D eigenvalue weighted by Crippen LogP contribution is -1.95. The summed E-state index contributed by atoms with van der Waals surface area (Å²) in [5, 5.41) is 4.52. The lowest BCUT2D eigenvalue weighted by Gasteiger charge is -2.10. The number of hydrogen-bond donors (Lipinski definition) is 0. The molecule has 184 valence electrons. The van der Waals surface area contributed by atoms with Gasteiger partial charge in [0.2, 0.25) is 5.89 Å². The van der Waals surface area contributed by atoms with Crippen LogP contribution in [0.1, 0.15) is 0 Å². The van der Waals surface area contributed by atoms with Crippen LogP contribution in [0.3, 0.4) is 0 Å². The van der Waals surface area contributed by atoms with Crippen LogP contribution >= 0.6 is 11.3 Å². The van der Waals surface area contributed by atoms with Crippen LogP contribution < -0.4 is 0 Å². The first kappa shape index (κ1) is 22.0. The van der Waals surface area contributed by atoms with Crippen molar-refractivity contribution in [3.63, 3.8) is 0 Å². The Balaban J connectivity index is 1.39. The first-order valence-corrected chi connectivity index (χ1v) is 13.7. The number of oxazole rings is 1. The molecule has 0 atom stereocenters. The highest BCUT2D eigenvalue weighted by Gasteiger charge is 2.17. The number of aromatic nitrogens is 3. The van der Waals surface area contributed by atoms with Gasteiger partial charge in [0.15, 0.2) is 5.58 Å². The van der Waals surface area contributed by atoms with Gasteiger partial charge in [-0.05, 0) is 77.7 Å². The molecule has 0 aliphatic carbocycles. The molecule has 0 saturated carbocycles. The van der Waals surface area contributed by atoms with E-state index in [0.717, 1.165) is 44.6 Å². The Morgan fingerprint density at radius 2 is 1.56 bits per heavy atom. The molecule has 5 heteroatoms. The first-order chi connectivity index (χ1) is 19.3. The fourth-order valence-corrected chi connectivity index (χ4v) is 6.09. The Kier molecular flexibility index (Phi) is 4.96. The zero-order valence-electron chi connectivity index (χ0n) is 20.8. The lowest BCUT2D eigenvalue weighted by molar-refractivity contribution is 0.620. The van der Waals surface area contributed by atoms with Crippen LogP contribution in [0, 0.1) is 0 Å². The fourth-order valence-electron chi connectivity index (χ4n) is 5.36. The molecule has 4 heterocycles. The molecule has 0 spiro atoms. The maximum atomic E-state index is 6.14. The van der Waals surface area contributed by atoms with Crippen LogP contribution in [0.5, 0.6) is 0 Å². The highest BCUT2D eigenvalue weighted by atomic mass is 32.1. The van der Waals surface area contributed by atoms with E-state index in [-0.39, 0.29) is 0 Å². The molecular weight excluding hydrogens is 498 g/mol. The van der Waals surface area contributed by atoms with E-state index < -0.39 is 0 Å². The maximum absolute atomic E-state index is 6.14. The van der Waals surface area contributed by atoms with Gasteiger partial charge in [-0.1, -0.05) is 48.5 Å². The van der Waals surface area contributed by atoms with Crippen molar-refractivity contribution in [2.24, 2.45) is 0 Å². The molecule has 8 rings (SSSR count). The van der Waals surface area contributed by atoms with Gasteiger partial charge in [-0.25, -0.2) is 4.98 Å². The number of nitrogens with zero attached hydrogens (tertiary/aromatic N) is 3. The van der Waals surface area contributed by atoms with Crippen molar-refractivity contribution in [1.29, 1.82) is 0 Å². The summed E-state index contributed by atoms with van der Waals surface area (Å²) in [6.07, 6.45) is 1.83. The normalized spacial score (nSPS) is 11.6. The average Bonchev–Trinajstić information content (AvgIpc) is 3.75. The molecule has 0 saturated heterocycles. The molecular formula is C34H21N3OS. The molecule has 4 aromatic carbocycles. The van der Waals surface area contributed by atoms with Crippen molar-refractivity contribution < 1.29 is 4.42 Å². The molecule has 8 aromatic rings. The van der Waals surface area contributed by atoms with E-state index in [2.05, 4.69) is 87.7 Å². The molecule has 0 bridgehead atoms. The van der Waals surface area contributed by atoms with Crippen molar-refractivity contribution in [3.8, 4) is 38.8 Å². The van der Waals surface area contributed by atoms with Crippen molar-refractivity contribution >= 4 is 44.2 Å². The van der Waals surface area contributed by atoms with Crippen LogP contribution in [0.4, 0.5) is 0 Å². The summed E-state index contributed by atoms with van der Waals surface area (Å²) in [6, 6.07) is 40.0. The van der Waals surface area contributed by atoms with Crippen molar-refractivity contribution in [2.75, 3.05) is 0 Å². The molecule has 0 N–H and O–H groups in total. The van der Waals surface area contributed by atoms with E-state index in [1.165, 1.54) is 21.2 Å². The second-order valence-electron chi connectivity index (χ2n) is 9.53. The molecule has 4 aromatic heterocycles. The number of pyridine rings is 1. The van der Waals surface area contributed by atoms with Crippen LogP contribution in [0.2, 0.25) is 0 Å². The summed E-state index contributed by atoms with van der Waals surface area (Å²) in [6.45, 7) is 0. The van der Waals surface area contributed by atoms with Crippen LogP contribution in [-0.2, 0) is 0 Å². The van der Waals surface area contributed by atoms with Crippen LogP contribution in [0.25, 0.3) is 71.7 Å². The largest absolute Gasteiger partial charge is 0.436 e. The highest BCUT2D eigenvalue weighted by Crippen LogP contribution is 2.38. The van der Waals surface area contributed by atoms with Crippen molar-refractivity contribution in [3.05, 3.63) is 127 Å². The summed E-state index contributed by atoms with van der Waals surface area (Å²) in [4.78, 5) is 10.6. The first-order valence-electron chi connectivity index (χ1n) is 12.8. The Hall–Kier alpha value is -5.00. The van der Waals surface area contributed by atoms with Crippen molar-refractivity contribution in [1.82, 2.24) is 14.5 Å². The van der Waals surface area contributed by atoms with Gasteiger partial charge in [0.25, 0.3) is 0 Å². The third-order valence-electron chi connectivity index (χ3n) is 7.18. The quantitative estimate of drug-likeness (QED) is 0.233. The van der Waals surface area contributed by atoms with Gasteiger partial charge in [-0.2, -0.15) is 0 Å². The zero-order chi connectivity index (χ0) is 25.8. The second-order valence-corrected chi connectivity index (χ2v) is 10.5. The number of hydrogen-bond acceptors (Lipinski definition) is 4.